The number of nitrogens with zero attached hydrogens (tertiary/aromatic N) is 1. The van der Waals surface area contributed by atoms with E-state index in [1.165, 1.54) is 32.1 Å². The first-order valence-corrected chi connectivity index (χ1v) is 8.65. The molecule has 5 nitrogen and oxygen atoms in total. The molecule has 0 radical (unpaired) electrons. The van der Waals surface area contributed by atoms with E-state index in [1.807, 2.05) is 13.8 Å². The molecule has 1 saturated carbocycles. The van der Waals surface area contributed by atoms with Gasteiger partial charge in [-0.05, 0) is 45.4 Å². The summed E-state index contributed by atoms with van der Waals surface area (Å²) in [7, 11) is 1.72. The van der Waals surface area contributed by atoms with E-state index in [0.29, 0.717) is 6.54 Å². The summed E-state index contributed by atoms with van der Waals surface area (Å²) in [5, 5.41) is 16.2. The van der Waals surface area contributed by atoms with Crippen molar-refractivity contribution in [1.82, 2.24) is 10.6 Å². The van der Waals surface area contributed by atoms with Crippen LogP contribution in [0.15, 0.2) is 4.99 Å². The molecule has 0 heterocycles. The van der Waals surface area contributed by atoms with Gasteiger partial charge in [-0.25, -0.2) is 0 Å². The SMILES string of the molecule is CCNC(=NCC(C)(C)OC)NCC1(CCO)CCCCC1. The van der Waals surface area contributed by atoms with Gasteiger partial charge in [0.05, 0.1) is 12.1 Å². The summed E-state index contributed by atoms with van der Waals surface area (Å²) in [6, 6.07) is 0. The molecule has 1 fully saturated rings. The lowest BCUT2D eigenvalue weighted by Crippen LogP contribution is -2.45. The smallest absolute Gasteiger partial charge is 0.191 e. The van der Waals surface area contributed by atoms with Crippen molar-refractivity contribution in [3.63, 3.8) is 0 Å². The monoisotopic (exact) mass is 313 g/mol. The zero-order valence-electron chi connectivity index (χ0n) is 14.9. The summed E-state index contributed by atoms with van der Waals surface area (Å²) in [5.41, 5.74) is -0.0318. The van der Waals surface area contributed by atoms with Gasteiger partial charge in [0, 0.05) is 26.8 Å². The Morgan fingerprint density at radius 2 is 1.91 bits per heavy atom. The van der Waals surface area contributed by atoms with Gasteiger partial charge in [-0.3, -0.25) is 4.99 Å². The van der Waals surface area contributed by atoms with Gasteiger partial charge in [-0.1, -0.05) is 19.3 Å². The van der Waals surface area contributed by atoms with Gasteiger partial charge in [0.1, 0.15) is 0 Å². The lowest BCUT2D eigenvalue weighted by atomic mass is 9.72. The van der Waals surface area contributed by atoms with Gasteiger partial charge in [-0.2, -0.15) is 0 Å². The van der Waals surface area contributed by atoms with Crippen molar-refractivity contribution in [3.8, 4) is 0 Å². The van der Waals surface area contributed by atoms with Crippen LogP contribution in [0.4, 0.5) is 0 Å². The van der Waals surface area contributed by atoms with Crippen LogP contribution in [0, 0.1) is 5.41 Å². The zero-order valence-corrected chi connectivity index (χ0v) is 14.9. The van der Waals surface area contributed by atoms with Crippen molar-refractivity contribution in [2.75, 3.05) is 33.4 Å². The molecule has 1 rings (SSSR count). The molecule has 0 aromatic heterocycles. The Hall–Kier alpha value is -0.810. The van der Waals surface area contributed by atoms with Crippen LogP contribution in [0.2, 0.25) is 0 Å². The zero-order chi connectivity index (χ0) is 16.5. The molecular formula is C17H35N3O2. The van der Waals surface area contributed by atoms with E-state index in [0.717, 1.165) is 25.5 Å². The molecule has 0 amide bonds. The third-order valence-corrected chi connectivity index (χ3v) is 4.70. The second-order valence-electron chi connectivity index (χ2n) is 7.05. The van der Waals surface area contributed by atoms with Crippen LogP contribution in [0.5, 0.6) is 0 Å². The first kappa shape index (κ1) is 19.2. The Morgan fingerprint density at radius 1 is 1.23 bits per heavy atom. The minimum atomic E-state index is -0.254. The molecule has 0 bridgehead atoms. The highest BCUT2D eigenvalue weighted by Gasteiger charge is 2.31. The predicted octanol–water partition coefficient (Wildman–Crippen LogP) is 2.30. The van der Waals surface area contributed by atoms with Gasteiger partial charge >= 0.3 is 0 Å². The second kappa shape index (κ2) is 9.36. The minimum absolute atomic E-state index is 0.222. The molecule has 0 aromatic carbocycles. The molecule has 130 valence electrons. The van der Waals surface area contributed by atoms with Crippen molar-refractivity contribution in [1.29, 1.82) is 0 Å². The molecule has 0 aromatic rings. The number of hydrogen-bond acceptors (Lipinski definition) is 3. The van der Waals surface area contributed by atoms with Gasteiger partial charge in [0.15, 0.2) is 5.96 Å². The van der Waals surface area contributed by atoms with E-state index in [9.17, 15) is 5.11 Å². The van der Waals surface area contributed by atoms with E-state index in [4.69, 9.17) is 4.74 Å². The largest absolute Gasteiger partial charge is 0.396 e. The van der Waals surface area contributed by atoms with Crippen molar-refractivity contribution in [2.24, 2.45) is 10.4 Å². The average molecular weight is 313 g/mol. The number of aliphatic hydroxyl groups is 1. The highest BCUT2D eigenvalue weighted by Crippen LogP contribution is 2.38. The molecule has 0 saturated heterocycles. The molecule has 0 spiro atoms. The predicted molar refractivity (Wildman–Crippen MR) is 92.3 cm³/mol. The summed E-state index contributed by atoms with van der Waals surface area (Å²) < 4.78 is 5.42. The summed E-state index contributed by atoms with van der Waals surface area (Å²) >= 11 is 0. The fraction of sp³-hybridized carbons (Fsp3) is 0.941. The number of ether oxygens (including phenoxy) is 1. The van der Waals surface area contributed by atoms with Crippen molar-refractivity contribution < 1.29 is 9.84 Å². The summed E-state index contributed by atoms with van der Waals surface area (Å²) in [6.45, 7) is 8.75. The quantitative estimate of drug-likeness (QED) is 0.475. The van der Waals surface area contributed by atoms with Gasteiger partial charge in [0.2, 0.25) is 0 Å². The molecular weight excluding hydrogens is 278 g/mol. The average Bonchev–Trinajstić information content (AvgIpc) is 2.51. The minimum Gasteiger partial charge on any atom is -0.396 e. The second-order valence-corrected chi connectivity index (χ2v) is 7.05. The Bertz CT molecular complexity index is 331. The Labute approximate surface area is 135 Å². The first-order chi connectivity index (χ1) is 10.5. The van der Waals surface area contributed by atoms with Gasteiger partial charge in [-0.15, -0.1) is 0 Å². The van der Waals surface area contributed by atoms with Crippen LogP contribution < -0.4 is 10.6 Å². The fourth-order valence-electron chi connectivity index (χ4n) is 3.00. The number of aliphatic imine (C=N–C) groups is 1. The topological polar surface area (TPSA) is 65.9 Å². The number of guanidine groups is 1. The van der Waals surface area contributed by atoms with Crippen molar-refractivity contribution >= 4 is 5.96 Å². The summed E-state index contributed by atoms with van der Waals surface area (Å²) in [5.74, 6) is 0.843. The molecule has 1 aliphatic rings. The van der Waals surface area contributed by atoms with E-state index in [-0.39, 0.29) is 17.6 Å². The maximum absolute atomic E-state index is 9.40. The summed E-state index contributed by atoms with van der Waals surface area (Å²) in [6.07, 6.45) is 7.14. The molecule has 0 aliphatic heterocycles. The number of methoxy groups -OCH3 is 1. The van der Waals surface area contributed by atoms with Gasteiger partial charge < -0.3 is 20.5 Å². The lowest BCUT2D eigenvalue weighted by Gasteiger charge is -2.37. The van der Waals surface area contributed by atoms with Crippen LogP contribution in [0.25, 0.3) is 0 Å². The van der Waals surface area contributed by atoms with Crippen LogP contribution in [-0.4, -0.2) is 50.0 Å². The highest BCUT2D eigenvalue weighted by molar-refractivity contribution is 5.79. The summed E-state index contributed by atoms with van der Waals surface area (Å²) in [4.78, 5) is 4.64. The Morgan fingerprint density at radius 3 is 2.45 bits per heavy atom. The van der Waals surface area contributed by atoms with Crippen LogP contribution in [-0.2, 0) is 4.74 Å². The van der Waals surface area contributed by atoms with E-state index in [1.54, 1.807) is 7.11 Å². The molecule has 0 atom stereocenters. The molecule has 3 N–H and O–H groups in total. The maximum Gasteiger partial charge on any atom is 0.191 e. The normalized spacial score (nSPS) is 19.0. The molecule has 0 unspecified atom stereocenters. The van der Waals surface area contributed by atoms with Gasteiger partial charge in [0.25, 0.3) is 0 Å². The third kappa shape index (κ3) is 6.53. The van der Waals surface area contributed by atoms with E-state index >= 15 is 0 Å². The molecule has 5 heteroatoms. The maximum atomic E-state index is 9.40. The lowest BCUT2D eigenvalue weighted by molar-refractivity contribution is 0.0310. The Kier molecular flexibility index (Phi) is 8.18. The first-order valence-electron chi connectivity index (χ1n) is 8.65. The highest BCUT2D eigenvalue weighted by atomic mass is 16.5. The van der Waals surface area contributed by atoms with Crippen molar-refractivity contribution in [2.45, 2.75) is 64.9 Å². The molecule has 22 heavy (non-hydrogen) atoms. The number of hydrogen-bond donors (Lipinski definition) is 3. The van der Waals surface area contributed by atoms with E-state index < -0.39 is 0 Å². The Balaban J connectivity index is 2.63. The number of rotatable bonds is 8. The number of nitrogens with one attached hydrogen (secondary N) is 2. The van der Waals surface area contributed by atoms with Crippen molar-refractivity contribution in [3.05, 3.63) is 0 Å². The third-order valence-electron chi connectivity index (χ3n) is 4.70. The van der Waals surface area contributed by atoms with Crippen LogP contribution in [0.1, 0.15) is 59.3 Å². The number of aliphatic hydroxyl groups excluding tert-OH is 1. The molecule has 1 aliphatic carbocycles. The van der Waals surface area contributed by atoms with E-state index in [2.05, 4.69) is 22.5 Å². The van der Waals surface area contributed by atoms with Crippen LogP contribution in [0.3, 0.4) is 0 Å². The standard InChI is InChI=1S/C17H35N3O2/c1-5-18-15(19-13-16(2,3)22-4)20-14-17(11-12-21)9-7-6-8-10-17/h21H,5-14H2,1-4H3,(H2,18,19,20). The van der Waals surface area contributed by atoms with Crippen LogP contribution >= 0.6 is 0 Å². The fourth-order valence-corrected chi connectivity index (χ4v) is 3.00.